The van der Waals surface area contributed by atoms with Gasteiger partial charge in [0.05, 0.1) is 20.3 Å². The van der Waals surface area contributed by atoms with Gasteiger partial charge in [-0.15, -0.1) is 0 Å². The SMILES string of the molecule is COc1ccc(Br)cc1S(=O)(=O)N1CCOC[C@H]1C. The van der Waals surface area contributed by atoms with Crippen LogP contribution in [0.1, 0.15) is 6.92 Å². The van der Waals surface area contributed by atoms with Crippen LogP contribution in [0.3, 0.4) is 0 Å². The van der Waals surface area contributed by atoms with Crippen LogP contribution in [0.5, 0.6) is 5.75 Å². The second kappa shape index (κ2) is 5.78. The normalized spacial score (nSPS) is 21.3. The third-order valence-corrected chi connectivity index (χ3v) is 5.55. The number of hydrogen-bond donors (Lipinski definition) is 0. The number of morpholine rings is 1. The Morgan fingerprint density at radius 1 is 1.47 bits per heavy atom. The molecule has 0 radical (unpaired) electrons. The van der Waals surface area contributed by atoms with E-state index in [2.05, 4.69) is 15.9 Å². The van der Waals surface area contributed by atoms with Crippen molar-refractivity contribution >= 4 is 26.0 Å². The van der Waals surface area contributed by atoms with Gasteiger partial charge in [-0.1, -0.05) is 15.9 Å². The van der Waals surface area contributed by atoms with E-state index in [0.717, 1.165) is 0 Å². The highest BCUT2D eigenvalue weighted by Gasteiger charge is 2.33. The quantitative estimate of drug-likeness (QED) is 0.835. The minimum Gasteiger partial charge on any atom is -0.495 e. The molecular weight excluding hydrogens is 334 g/mol. The van der Waals surface area contributed by atoms with E-state index in [1.54, 1.807) is 18.2 Å². The van der Waals surface area contributed by atoms with E-state index in [4.69, 9.17) is 9.47 Å². The molecule has 1 atom stereocenters. The van der Waals surface area contributed by atoms with Crippen LogP contribution >= 0.6 is 15.9 Å². The van der Waals surface area contributed by atoms with Crippen molar-refractivity contribution in [2.75, 3.05) is 26.9 Å². The Bertz CT molecular complexity index is 561. The summed E-state index contributed by atoms with van der Waals surface area (Å²) in [6.45, 7) is 3.02. The van der Waals surface area contributed by atoms with E-state index < -0.39 is 10.0 Å². The van der Waals surface area contributed by atoms with Crippen LogP contribution in [0.2, 0.25) is 0 Å². The third-order valence-electron chi connectivity index (χ3n) is 3.02. The summed E-state index contributed by atoms with van der Waals surface area (Å²) >= 11 is 3.29. The van der Waals surface area contributed by atoms with E-state index in [-0.39, 0.29) is 10.9 Å². The van der Waals surface area contributed by atoms with Gasteiger partial charge in [-0.3, -0.25) is 0 Å². The van der Waals surface area contributed by atoms with Crippen LogP contribution in [0.15, 0.2) is 27.6 Å². The van der Waals surface area contributed by atoms with Gasteiger partial charge < -0.3 is 9.47 Å². The zero-order chi connectivity index (χ0) is 14.0. The van der Waals surface area contributed by atoms with Crippen LogP contribution in [0.4, 0.5) is 0 Å². The molecule has 1 fully saturated rings. The lowest BCUT2D eigenvalue weighted by Gasteiger charge is -2.32. The molecule has 1 saturated heterocycles. The fourth-order valence-corrected chi connectivity index (χ4v) is 4.34. The molecule has 1 heterocycles. The molecule has 2 rings (SSSR count). The predicted octanol–water partition coefficient (Wildman–Crippen LogP) is 1.87. The van der Waals surface area contributed by atoms with Gasteiger partial charge in [-0.2, -0.15) is 4.31 Å². The minimum atomic E-state index is -3.58. The lowest BCUT2D eigenvalue weighted by molar-refractivity contribution is 0.0392. The molecule has 1 aliphatic rings. The second-order valence-corrected chi connectivity index (χ2v) is 7.11. The van der Waals surface area contributed by atoms with Crippen molar-refractivity contribution in [3.8, 4) is 5.75 Å². The maximum Gasteiger partial charge on any atom is 0.247 e. The summed E-state index contributed by atoms with van der Waals surface area (Å²) in [6, 6.07) is 4.78. The van der Waals surface area contributed by atoms with E-state index >= 15 is 0 Å². The molecule has 0 aromatic heterocycles. The molecule has 19 heavy (non-hydrogen) atoms. The highest BCUT2D eigenvalue weighted by atomic mass is 79.9. The van der Waals surface area contributed by atoms with Crippen LogP contribution in [0, 0.1) is 0 Å². The van der Waals surface area contributed by atoms with E-state index in [1.807, 2.05) is 6.92 Å². The highest BCUT2D eigenvalue weighted by Crippen LogP contribution is 2.31. The average molecular weight is 350 g/mol. The summed E-state index contributed by atoms with van der Waals surface area (Å²) in [5.74, 6) is 0.349. The Balaban J connectivity index is 2.46. The molecule has 0 spiro atoms. The lowest BCUT2D eigenvalue weighted by Crippen LogP contribution is -2.47. The van der Waals surface area contributed by atoms with Gasteiger partial charge in [-0.05, 0) is 25.1 Å². The summed E-state index contributed by atoms with van der Waals surface area (Å²) in [4.78, 5) is 0.179. The molecule has 7 heteroatoms. The zero-order valence-corrected chi connectivity index (χ0v) is 13.2. The van der Waals surface area contributed by atoms with Gasteiger partial charge in [-0.25, -0.2) is 8.42 Å². The van der Waals surface area contributed by atoms with Crippen molar-refractivity contribution in [1.82, 2.24) is 4.31 Å². The molecule has 106 valence electrons. The first-order valence-electron chi connectivity index (χ1n) is 5.90. The molecular formula is C12H16BrNO4S. The topological polar surface area (TPSA) is 55.8 Å². The lowest BCUT2D eigenvalue weighted by atomic mass is 10.3. The van der Waals surface area contributed by atoms with Gasteiger partial charge >= 0.3 is 0 Å². The van der Waals surface area contributed by atoms with Crippen molar-refractivity contribution in [2.24, 2.45) is 0 Å². The van der Waals surface area contributed by atoms with Crippen molar-refractivity contribution in [2.45, 2.75) is 17.9 Å². The summed E-state index contributed by atoms with van der Waals surface area (Å²) < 4.78 is 38.0. The highest BCUT2D eigenvalue weighted by molar-refractivity contribution is 9.10. The predicted molar refractivity (Wildman–Crippen MR) is 74.9 cm³/mol. The van der Waals surface area contributed by atoms with Gasteiger partial charge in [0.2, 0.25) is 10.0 Å². The Morgan fingerprint density at radius 3 is 2.84 bits per heavy atom. The van der Waals surface area contributed by atoms with Crippen molar-refractivity contribution < 1.29 is 17.9 Å². The zero-order valence-electron chi connectivity index (χ0n) is 10.8. The van der Waals surface area contributed by atoms with Gasteiger partial charge in [0.1, 0.15) is 10.6 Å². The van der Waals surface area contributed by atoms with Gasteiger partial charge in [0.25, 0.3) is 0 Å². The molecule has 0 bridgehead atoms. The standard InChI is InChI=1S/C12H16BrNO4S/c1-9-8-18-6-5-14(9)19(15,16)12-7-10(13)3-4-11(12)17-2/h3-4,7,9H,5-6,8H2,1-2H3/t9-/m1/s1. The summed E-state index contributed by atoms with van der Waals surface area (Å²) in [5, 5.41) is 0. The molecule has 0 unspecified atom stereocenters. The number of hydrogen-bond acceptors (Lipinski definition) is 4. The summed E-state index contributed by atoms with van der Waals surface area (Å²) in [6.07, 6.45) is 0. The van der Waals surface area contributed by atoms with E-state index in [1.165, 1.54) is 11.4 Å². The molecule has 5 nitrogen and oxygen atoms in total. The largest absolute Gasteiger partial charge is 0.495 e. The fourth-order valence-electron chi connectivity index (χ4n) is 2.05. The third kappa shape index (κ3) is 2.94. The minimum absolute atomic E-state index is 0.178. The molecule has 1 aromatic rings. The Kier molecular flexibility index (Phi) is 4.50. The Hall–Kier alpha value is -0.630. The second-order valence-electron chi connectivity index (χ2n) is 4.33. The van der Waals surface area contributed by atoms with Crippen molar-refractivity contribution in [3.05, 3.63) is 22.7 Å². The van der Waals surface area contributed by atoms with Crippen molar-refractivity contribution in [1.29, 1.82) is 0 Å². The first-order valence-corrected chi connectivity index (χ1v) is 8.13. The van der Waals surface area contributed by atoms with E-state index in [9.17, 15) is 8.42 Å². The number of ether oxygens (including phenoxy) is 2. The fraction of sp³-hybridized carbons (Fsp3) is 0.500. The van der Waals surface area contributed by atoms with E-state index in [0.29, 0.717) is 30.0 Å². The molecule has 0 saturated carbocycles. The monoisotopic (exact) mass is 349 g/mol. The maximum absolute atomic E-state index is 12.7. The number of nitrogens with zero attached hydrogens (tertiary/aromatic N) is 1. The first-order chi connectivity index (χ1) is 8.96. The van der Waals surface area contributed by atoms with Gasteiger partial charge in [0.15, 0.2) is 0 Å². The summed E-state index contributed by atoms with van der Waals surface area (Å²) in [7, 11) is -2.11. The van der Waals surface area contributed by atoms with Crippen LogP contribution in [0.25, 0.3) is 0 Å². The number of benzene rings is 1. The Morgan fingerprint density at radius 2 is 2.21 bits per heavy atom. The molecule has 0 amide bonds. The number of sulfonamides is 1. The number of methoxy groups -OCH3 is 1. The Labute approximate surface area is 121 Å². The van der Waals surface area contributed by atoms with Crippen molar-refractivity contribution in [3.63, 3.8) is 0 Å². The van der Waals surface area contributed by atoms with Crippen LogP contribution in [-0.4, -0.2) is 45.6 Å². The van der Waals surface area contributed by atoms with Crippen LogP contribution < -0.4 is 4.74 Å². The summed E-state index contributed by atoms with van der Waals surface area (Å²) in [5.41, 5.74) is 0. The molecule has 0 aliphatic carbocycles. The van der Waals surface area contributed by atoms with Crippen LogP contribution in [-0.2, 0) is 14.8 Å². The molecule has 0 N–H and O–H groups in total. The molecule has 1 aromatic carbocycles. The smallest absolute Gasteiger partial charge is 0.247 e. The average Bonchev–Trinajstić information content (AvgIpc) is 2.39. The maximum atomic E-state index is 12.7. The molecule has 1 aliphatic heterocycles. The van der Waals surface area contributed by atoms with Gasteiger partial charge in [0, 0.05) is 17.1 Å². The number of rotatable bonds is 3. The first kappa shape index (κ1) is 14.8. The number of halogens is 1.